The summed E-state index contributed by atoms with van der Waals surface area (Å²) < 4.78 is 31.6. The van der Waals surface area contributed by atoms with E-state index >= 15 is 0 Å². The molecule has 2 N–H and O–H groups in total. The molecule has 27 heavy (non-hydrogen) atoms. The zero-order valence-electron chi connectivity index (χ0n) is 14.7. The minimum absolute atomic E-state index is 0.00895. The van der Waals surface area contributed by atoms with Crippen molar-refractivity contribution in [3.63, 3.8) is 0 Å². The normalized spacial score (nSPS) is 20.4. The van der Waals surface area contributed by atoms with Gasteiger partial charge in [0.1, 0.15) is 0 Å². The summed E-state index contributed by atoms with van der Waals surface area (Å²) in [6, 6.07) is 11.9. The van der Waals surface area contributed by atoms with Crippen LogP contribution in [-0.2, 0) is 25.8 Å². The van der Waals surface area contributed by atoms with E-state index in [1.165, 1.54) is 12.1 Å². The number of halogens is 1. The molecule has 2 aromatic carbocycles. The highest BCUT2D eigenvalue weighted by Gasteiger charge is 2.54. The molecule has 1 fully saturated rings. The molecule has 0 radical (unpaired) electrons. The molecule has 1 saturated heterocycles. The number of aliphatic carboxylic acids is 1. The van der Waals surface area contributed by atoms with Crippen LogP contribution in [0.3, 0.4) is 0 Å². The predicted octanol–water partition coefficient (Wildman–Crippen LogP) is 2.41. The van der Waals surface area contributed by atoms with E-state index in [-0.39, 0.29) is 18.0 Å². The second-order valence-electron chi connectivity index (χ2n) is 6.48. The van der Waals surface area contributed by atoms with Gasteiger partial charge in [-0.2, -0.15) is 0 Å². The molecule has 1 aliphatic heterocycles. The second-order valence-corrected chi connectivity index (χ2v) is 9.05. The molecule has 6 nitrogen and oxygen atoms in total. The molecule has 2 aromatic rings. The summed E-state index contributed by atoms with van der Waals surface area (Å²) >= 11 is 5.91. The van der Waals surface area contributed by atoms with Gasteiger partial charge in [-0.1, -0.05) is 29.8 Å². The van der Waals surface area contributed by atoms with Crippen LogP contribution in [0.15, 0.2) is 47.4 Å². The molecule has 0 spiro atoms. The van der Waals surface area contributed by atoms with Gasteiger partial charge in [-0.3, -0.25) is 0 Å². The van der Waals surface area contributed by atoms with Crippen LogP contribution in [0.25, 0.3) is 0 Å². The maximum absolute atomic E-state index is 13.1. The lowest BCUT2D eigenvalue weighted by atomic mass is 10.0. The van der Waals surface area contributed by atoms with Crippen molar-refractivity contribution in [2.24, 2.45) is 0 Å². The van der Waals surface area contributed by atoms with Crippen molar-refractivity contribution in [3.8, 4) is 0 Å². The maximum Gasteiger partial charge on any atom is 0.353 e. The SMILES string of the molecule is Cc1ccc(S(=O)(=O)C2(C(=O)O)CNCCO2)cc1Cc1ccc(Cl)cc1. The molecule has 0 aromatic heterocycles. The fourth-order valence-electron chi connectivity index (χ4n) is 3.03. The van der Waals surface area contributed by atoms with Gasteiger partial charge in [0.25, 0.3) is 4.93 Å². The van der Waals surface area contributed by atoms with Crippen LogP contribution < -0.4 is 5.32 Å². The summed E-state index contributed by atoms with van der Waals surface area (Å²) in [5, 5.41) is 13.0. The lowest BCUT2D eigenvalue weighted by molar-refractivity contribution is -0.156. The fraction of sp³-hybridized carbons (Fsp3) is 0.316. The van der Waals surface area contributed by atoms with Crippen LogP contribution in [0, 0.1) is 6.92 Å². The van der Waals surface area contributed by atoms with Gasteiger partial charge in [-0.05, 0) is 54.3 Å². The summed E-state index contributed by atoms with van der Waals surface area (Å²) in [5.41, 5.74) is 2.68. The summed E-state index contributed by atoms with van der Waals surface area (Å²) in [6.07, 6.45) is 0.505. The van der Waals surface area contributed by atoms with Crippen molar-refractivity contribution in [3.05, 3.63) is 64.2 Å². The Morgan fingerprint density at radius 3 is 2.56 bits per heavy atom. The van der Waals surface area contributed by atoms with Crippen molar-refractivity contribution in [2.75, 3.05) is 19.7 Å². The fourth-order valence-corrected chi connectivity index (χ4v) is 4.85. The van der Waals surface area contributed by atoms with Gasteiger partial charge in [0, 0.05) is 11.6 Å². The number of hydrogen-bond acceptors (Lipinski definition) is 5. The number of rotatable bonds is 5. The Morgan fingerprint density at radius 2 is 1.96 bits per heavy atom. The highest BCUT2D eigenvalue weighted by atomic mass is 35.5. The topological polar surface area (TPSA) is 92.7 Å². The summed E-state index contributed by atoms with van der Waals surface area (Å²) in [5.74, 6) is -1.52. The Morgan fingerprint density at radius 1 is 1.26 bits per heavy atom. The Kier molecular flexibility index (Phi) is 5.58. The quantitative estimate of drug-likeness (QED) is 0.787. The van der Waals surface area contributed by atoms with E-state index < -0.39 is 20.7 Å². The Labute approximate surface area is 163 Å². The van der Waals surface area contributed by atoms with Gasteiger partial charge in [0.2, 0.25) is 9.84 Å². The Bertz CT molecular complexity index is 951. The monoisotopic (exact) mass is 409 g/mol. The molecule has 1 aliphatic rings. The van der Waals surface area contributed by atoms with Crippen molar-refractivity contribution in [1.29, 1.82) is 0 Å². The molecule has 8 heteroatoms. The third kappa shape index (κ3) is 3.73. The van der Waals surface area contributed by atoms with Crippen LogP contribution in [0.1, 0.15) is 16.7 Å². The molecule has 1 atom stereocenters. The number of morpholine rings is 1. The molecular weight excluding hydrogens is 390 g/mol. The van der Waals surface area contributed by atoms with E-state index in [0.29, 0.717) is 18.0 Å². The molecular formula is C19H20ClNO5S. The molecule has 0 bridgehead atoms. The number of aryl methyl sites for hydroxylation is 1. The van der Waals surface area contributed by atoms with Crippen LogP contribution in [0.2, 0.25) is 5.02 Å². The third-order valence-electron chi connectivity index (χ3n) is 4.67. The van der Waals surface area contributed by atoms with Crippen LogP contribution >= 0.6 is 11.6 Å². The minimum Gasteiger partial charge on any atom is -0.478 e. The molecule has 0 saturated carbocycles. The lowest BCUT2D eigenvalue weighted by Crippen LogP contribution is -2.59. The molecule has 0 aliphatic carbocycles. The first-order valence-electron chi connectivity index (χ1n) is 8.43. The molecule has 1 unspecified atom stereocenters. The van der Waals surface area contributed by atoms with E-state index in [2.05, 4.69) is 5.32 Å². The van der Waals surface area contributed by atoms with Gasteiger partial charge in [0.15, 0.2) is 0 Å². The van der Waals surface area contributed by atoms with E-state index in [9.17, 15) is 18.3 Å². The third-order valence-corrected chi connectivity index (χ3v) is 7.10. The first kappa shape index (κ1) is 19.8. The number of ether oxygens (including phenoxy) is 1. The number of benzene rings is 2. The number of carbonyl (C=O) groups is 1. The largest absolute Gasteiger partial charge is 0.478 e. The van der Waals surface area contributed by atoms with E-state index in [1.807, 2.05) is 19.1 Å². The van der Waals surface area contributed by atoms with Crippen molar-refractivity contribution in [2.45, 2.75) is 23.2 Å². The molecule has 0 amide bonds. The zero-order valence-corrected chi connectivity index (χ0v) is 16.3. The zero-order chi connectivity index (χ0) is 19.7. The number of carboxylic acid groups (broad SMARTS) is 1. The average Bonchev–Trinajstić information content (AvgIpc) is 2.65. The van der Waals surface area contributed by atoms with Crippen molar-refractivity contribution < 1.29 is 23.1 Å². The summed E-state index contributed by atoms with van der Waals surface area (Å²) in [6.45, 7) is 1.99. The first-order valence-corrected chi connectivity index (χ1v) is 10.3. The van der Waals surface area contributed by atoms with Crippen molar-refractivity contribution in [1.82, 2.24) is 5.32 Å². The maximum atomic E-state index is 13.1. The molecule has 144 valence electrons. The number of hydrogen-bond donors (Lipinski definition) is 2. The summed E-state index contributed by atoms with van der Waals surface area (Å²) in [4.78, 5) is 9.43. The predicted molar refractivity (Wildman–Crippen MR) is 102 cm³/mol. The average molecular weight is 410 g/mol. The van der Waals surface area contributed by atoms with E-state index in [4.69, 9.17) is 16.3 Å². The van der Waals surface area contributed by atoms with Crippen LogP contribution in [0.4, 0.5) is 0 Å². The smallest absolute Gasteiger partial charge is 0.353 e. The second kappa shape index (κ2) is 7.59. The summed E-state index contributed by atoms with van der Waals surface area (Å²) in [7, 11) is -4.27. The molecule has 1 heterocycles. The first-order chi connectivity index (χ1) is 12.8. The van der Waals surface area contributed by atoms with Crippen molar-refractivity contribution >= 4 is 27.4 Å². The van der Waals surface area contributed by atoms with Gasteiger partial charge >= 0.3 is 5.97 Å². The van der Waals surface area contributed by atoms with Gasteiger partial charge < -0.3 is 15.2 Å². The lowest BCUT2D eigenvalue weighted by Gasteiger charge is -2.33. The van der Waals surface area contributed by atoms with Gasteiger partial charge in [0.05, 0.1) is 18.0 Å². The van der Waals surface area contributed by atoms with Gasteiger partial charge in [-0.15, -0.1) is 0 Å². The van der Waals surface area contributed by atoms with Gasteiger partial charge in [-0.25, -0.2) is 13.2 Å². The highest BCUT2D eigenvalue weighted by Crippen LogP contribution is 2.31. The molecule has 3 rings (SSSR count). The number of nitrogens with one attached hydrogen (secondary N) is 1. The number of carboxylic acids is 1. The highest BCUT2D eigenvalue weighted by molar-refractivity contribution is 7.93. The van der Waals surface area contributed by atoms with Crippen LogP contribution in [0.5, 0.6) is 0 Å². The standard InChI is InChI=1S/C19H20ClNO5S/c1-13-2-7-17(11-15(13)10-14-3-5-16(20)6-4-14)27(24,25)19(18(22)23)12-21-8-9-26-19/h2-7,11,21H,8-10,12H2,1H3,(H,22,23). The van der Waals surface area contributed by atoms with E-state index in [1.54, 1.807) is 18.2 Å². The van der Waals surface area contributed by atoms with Crippen LogP contribution in [-0.4, -0.2) is 44.1 Å². The Hall–Kier alpha value is -1.93. The minimum atomic E-state index is -4.27. The van der Waals surface area contributed by atoms with E-state index in [0.717, 1.165) is 16.7 Å². The number of sulfone groups is 1. The Balaban J connectivity index is 2.01.